The van der Waals surface area contributed by atoms with E-state index in [9.17, 15) is 17.6 Å². The van der Waals surface area contributed by atoms with E-state index in [1.54, 1.807) is 0 Å². The number of unbranched alkanes of at least 4 members (excludes halogenated alkanes) is 2. The van der Waals surface area contributed by atoms with E-state index in [0.29, 0.717) is 10.3 Å². The van der Waals surface area contributed by atoms with Crippen molar-refractivity contribution >= 4 is 23.5 Å². The van der Waals surface area contributed by atoms with E-state index < -0.39 is 23.8 Å². The van der Waals surface area contributed by atoms with Gasteiger partial charge >= 0.3 is 0 Å². The zero-order valence-corrected chi connectivity index (χ0v) is 19.7. The smallest absolute Gasteiger partial charge is 0.269 e. The molecule has 0 fully saturated rings. The first-order valence-electron chi connectivity index (χ1n) is 10.5. The minimum absolute atomic E-state index is 0.356. The average Bonchev–Trinajstić information content (AvgIpc) is 3.18. The fourth-order valence-electron chi connectivity index (χ4n) is 3.32. The van der Waals surface area contributed by atoms with Crippen molar-refractivity contribution in [3.63, 3.8) is 0 Å². The predicted octanol–water partition coefficient (Wildman–Crippen LogP) is 5.94. The van der Waals surface area contributed by atoms with Gasteiger partial charge in [-0.15, -0.1) is 0 Å². The number of aromatic nitrogens is 4. The molecule has 174 valence electrons. The highest BCUT2D eigenvalue weighted by Crippen LogP contribution is 2.23. The van der Waals surface area contributed by atoms with E-state index >= 15 is 0 Å². The van der Waals surface area contributed by atoms with Gasteiger partial charge in [-0.05, 0) is 49.7 Å². The van der Waals surface area contributed by atoms with Crippen molar-refractivity contribution in [2.45, 2.75) is 48.8 Å². The Morgan fingerprint density at radius 3 is 1.44 bits per heavy atom. The molecule has 0 aliphatic heterocycles. The van der Waals surface area contributed by atoms with Gasteiger partial charge < -0.3 is 0 Å². The van der Waals surface area contributed by atoms with Crippen molar-refractivity contribution < 1.29 is 17.6 Å². The van der Waals surface area contributed by atoms with Gasteiger partial charge in [-0.1, -0.05) is 47.8 Å². The van der Waals surface area contributed by atoms with Crippen LogP contribution in [0, 0.1) is 23.8 Å². The molecule has 2 aromatic heterocycles. The third-order valence-corrected chi connectivity index (χ3v) is 7.38. The van der Waals surface area contributed by atoms with Crippen LogP contribution >= 0.6 is 23.5 Å². The number of aryl methyl sites for hydroxylation is 2. The summed E-state index contributed by atoms with van der Waals surface area (Å²) in [7, 11) is 2.94. The minimum atomic E-state index is -1.05. The van der Waals surface area contributed by atoms with Crippen LogP contribution in [0.5, 0.6) is 0 Å². The second-order valence-corrected chi connectivity index (χ2v) is 9.57. The molecule has 1 aromatic carbocycles. The van der Waals surface area contributed by atoms with E-state index in [0.717, 1.165) is 59.2 Å². The Bertz CT molecular complexity index is 954. The van der Waals surface area contributed by atoms with E-state index in [-0.39, 0.29) is 0 Å². The van der Waals surface area contributed by atoms with Crippen molar-refractivity contribution in [2.24, 2.45) is 14.1 Å². The summed E-state index contributed by atoms with van der Waals surface area (Å²) in [6.07, 6.45) is 5.68. The highest BCUT2D eigenvalue weighted by molar-refractivity contribution is 7.99. The summed E-state index contributed by atoms with van der Waals surface area (Å²) in [6, 6.07) is 8.35. The number of imidazole rings is 2. The van der Waals surface area contributed by atoms with Crippen molar-refractivity contribution in [2.75, 3.05) is 11.5 Å². The molecule has 0 bridgehead atoms. The van der Waals surface area contributed by atoms with Gasteiger partial charge in [0.05, 0.1) is 0 Å². The van der Waals surface area contributed by atoms with Crippen molar-refractivity contribution in [3.8, 4) is 0 Å². The van der Waals surface area contributed by atoms with Crippen LogP contribution in [0.1, 0.15) is 36.8 Å². The van der Waals surface area contributed by atoms with Crippen LogP contribution < -0.4 is 0 Å². The highest BCUT2D eigenvalue weighted by atomic mass is 32.2. The quantitative estimate of drug-likeness (QED) is 0.180. The van der Waals surface area contributed by atoms with Crippen LogP contribution in [-0.4, -0.2) is 30.6 Å². The lowest BCUT2D eigenvalue weighted by Gasteiger charge is -2.09. The zero-order chi connectivity index (χ0) is 23.1. The Labute approximate surface area is 193 Å². The number of hydrogen-bond donors (Lipinski definition) is 0. The van der Waals surface area contributed by atoms with Gasteiger partial charge in [-0.25, -0.2) is 0 Å². The maximum Gasteiger partial charge on any atom is 0.269 e. The van der Waals surface area contributed by atoms with E-state index in [1.807, 2.05) is 12.1 Å². The maximum absolute atomic E-state index is 13.3. The molecule has 0 atom stereocenters. The third-order valence-electron chi connectivity index (χ3n) is 5.15. The number of halogens is 4. The number of thioether (sulfide) groups is 2. The Kier molecular flexibility index (Phi) is 9.10. The van der Waals surface area contributed by atoms with Crippen LogP contribution in [0.25, 0.3) is 0 Å². The summed E-state index contributed by atoms with van der Waals surface area (Å²) in [5.41, 5.74) is 2.62. The van der Waals surface area contributed by atoms with Crippen LogP contribution in [-0.2, 0) is 26.9 Å². The number of hydrogen-bond acceptors (Lipinski definition) is 4. The molecule has 0 aliphatic carbocycles. The van der Waals surface area contributed by atoms with Crippen LogP contribution in [0.15, 0.2) is 34.6 Å². The average molecular weight is 487 g/mol. The molecule has 0 saturated carbocycles. The molecule has 0 N–H and O–H groups in total. The third kappa shape index (κ3) is 6.31. The molecule has 0 unspecified atom stereocenters. The number of nitrogens with zero attached hydrogens (tertiary/aromatic N) is 4. The second-order valence-electron chi connectivity index (χ2n) is 7.45. The van der Waals surface area contributed by atoms with Gasteiger partial charge in [0.2, 0.25) is 0 Å². The van der Waals surface area contributed by atoms with Gasteiger partial charge in [0.25, 0.3) is 23.8 Å². The summed E-state index contributed by atoms with van der Waals surface area (Å²) in [6.45, 7) is 0. The Hall–Kier alpha value is -1.94. The molecular weight excluding hydrogens is 460 g/mol. The van der Waals surface area contributed by atoms with Gasteiger partial charge in [-0.2, -0.15) is 27.5 Å². The SMILES string of the molecule is Cn1c(SCCCCc2ccccc2CCCCSc2nc(F)c(F)n2C)nc(F)c1F. The van der Waals surface area contributed by atoms with E-state index in [2.05, 4.69) is 22.1 Å². The number of rotatable bonds is 12. The number of benzene rings is 1. The first-order chi connectivity index (χ1) is 15.4. The molecule has 0 radical (unpaired) electrons. The minimum Gasteiger partial charge on any atom is -0.296 e. The summed E-state index contributed by atoms with van der Waals surface area (Å²) < 4.78 is 55.3. The molecule has 0 aliphatic rings. The fraction of sp³-hybridized carbons (Fsp3) is 0.455. The van der Waals surface area contributed by atoms with Crippen molar-refractivity contribution in [3.05, 3.63) is 59.2 Å². The normalized spacial score (nSPS) is 11.4. The standard InChI is InChI=1S/C22H26F4N4S2/c1-29-19(25)17(23)27-21(29)31-13-7-5-11-15-9-3-4-10-16(15)12-6-8-14-32-22-28-18(24)20(26)30(22)2/h3-4,9-10H,5-8,11-14H2,1-2H3. The van der Waals surface area contributed by atoms with Gasteiger partial charge in [0.1, 0.15) is 0 Å². The first-order valence-corrected chi connectivity index (χ1v) is 12.4. The first kappa shape index (κ1) is 24.7. The molecule has 32 heavy (non-hydrogen) atoms. The molecule has 0 amide bonds. The lowest BCUT2D eigenvalue weighted by molar-refractivity contribution is 0.447. The summed E-state index contributed by atoms with van der Waals surface area (Å²) in [5.74, 6) is -2.48. The lowest BCUT2D eigenvalue weighted by atomic mass is 9.98. The second kappa shape index (κ2) is 11.8. The van der Waals surface area contributed by atoms with Crippen molar-refractivity contribution in [1.82, 2.24) is 19.1 Å². The molecular formula is C22H26F4N4S2. The van der Waals surface area contributed by atoms with Gasteiger partial charge in [0.15, 0.2) is 10.3 Å². The van der Waals surface area contributed by atoms with Crippen LogP contribution in [0.3, 0.4) is 0 Å². The zero-order valence-electron chi connectivity index (χ0n) is 18.1. The lowest BCUT2D eigenvalue weighted by Crippen LogP contribution is -1.98. The van der Waals surface area contributed by atoms with Gasteiger partial charge in [-0.3, -0.25) is 9.13 Å². The Balaban J connectivity index is 1.37. The maximum atomic E-state index is 13.3. The van der Waals surface area contributed by atoms with Crippen molar-refractivity contribution in [1.29, 1.82) is 0 Å². The molecule has 10 heteroatoms. The predicted molar refractivity (Wildman–Crippen MR) is 120 cm³/mol. The highest BCUT2D eigenvalue weighted by Gasteiger charge is 2.15. The molecule has 0 saturated heterocycles. The molecule has 3 aromatic rings. The van der Waals surface area contributed by atoms with Gasteiger partial charge in [0, 0.05) is 25.6 Å². The summed E-state index contributed by atoms with van der Waals surface area (Å²) in [5, 5.41) is 0.712. The molecule has 0 spiro atoms. The summed E-state index contributed by atoms with van der Waals surface area (Å²) >= 11 is 2.72. The Morgan fingerprint density at radius 1 is 0.688 bits per heavy atom. The van der Waals surface area contributed by atoms with Crippen LogP contribution in [0.4, 0.5) is 17.6 Å². The molecule has 3 rings (SSSR count). The van der Waals surface area contributed by atoms with E-state index in [1.165, 1.54) is 48.7 Å². The van der Waals surface area contributed by atoms with E-state index in [4.69, 9.17) is 0 Å². The summed E-state index contributed by atoms with van der Waals surface area (Å²) in [4.78, 5) is 7.20. The monoisotopic (exact) mass is 486 g/mol. The molecule has 4 nitrogen and oxygen atoms in total. The largest absolute Gasteiger partial charge is 0.296 e. The van der Waals surface area contributed by atoms with Crippen LogP contribution in [0.2, 0.25) is 0 Å². The topological polar surface area (TPSA) is 35.6 Å². The Morgan fingerprint density at radius 2 is 1.09 bits per heavy atom. The molecule has 2 heterocycles. The fourth-order valence-corrected chi connectivity index (χ4v) is 5.22.